The zero-order valence-electron chi connectivity index (χ0n) is 18.9. The number of hydrogen-bond acceptors (Lipinski definition) is 6. The van der Waals surface area contributed by atoms with Crippen molar-refractivity contribution in [3.05, 3.63) is 55.0 Å². The zero-order chi connectivity index (χ0) is 22.7. The van der Waals surface area contributed by atoms with E-state index < -0.39 is 0 Å². The standard InChI is InChI=1S/C22H23N5.C3H7NO/c1-26-9-6-17(14-26)25-18-12-19(22-20(13-18)23-7-8-24-22)16-4-3-15-5-10-27(2)21(15)11-16;1-3(5)2-4/h3-5,7-8,10-13,17,25H,6,9,14H2,1-2H3;2,4H2,1H3/t17-;/m0./s1. The molecule has 0 aliphatic carbocycles. The fraction of sp³-hybridized carbons (Fsp3) is 0.320. The highest BCUT2D eigenvalue weighted by Gasteiger charge is 2.20. The first kappa shape index (κ1) is 21.9. The van der Waals surface area contributed by atoms with E-state index in [0.29, 0.717) is 6.04 Å². The third-order valence-electron chi connectivity index (χ3n) is 5.82. The number of carbonyl (C=O) groups is 1. The van der Waals surface area contributed by atoms with Gasteiger partial charge in [-0.1, -0.05) is 12.1 Å². The van der Waals surface area contributed by atoms with Gasteiger partial charge in [0.25, 0.3) is 0 Å². The quantitative estimate of drug-likeness (QED) is 0.516. The Morgan fingerprint density at radius 1 is 1.16 bits per heavy atom. The highest BCUT2D eigenvalue weighted by atomic mass is 16.1. The summed E-state index contributed by atoms with van der Waals surface area (Å²) < 4.78 is 2.16. The number of nitrogens with zero attached hydrogens (tertiary/aromatic N) is 4. The van der Waals surface area contributed by atoms with Crippen molar-refractivity contribution >= 4 is 33.4 Å². The number of hydrogen-bond donors (Lipinski definition) is 2. The van der Waals surface area contributed by atoms with Gasteiger partial charge in [0.1, 0.15) is 5.78 Å². The Morgan fingerprint density at radius 2 is 1.94 bits per heavy atom. The normalized spacial score (nSPS) is 16.2. The molecule has 0 bridgehead atoms. The van der Waals surface area contributed by atoms with Gasteiger partial charge >= 0.3 is 0 Å². The van der Waals surface area contributed by atoms with Gasteiger partial charge < -0.3 is 20.5 Å². The first-order valence-corrected chi connectivity index (χ1v) is 10.9. The molecule has 1 saturated heterocycles. The van der Waals surface area contributed by atoms with Gasteiger partial charge in [0.15, 0.2) is 0 Å². The second kappa shape index (κ2) is 9.46. The van der Waals surface area contributed by atoms with Crippen LogP contribution in [0.3, 0.4) is 0 Å². The summed E-state index contributed by atoms with van der Waals surface area (Å²) in [5.74, 6) is 0.0324. The molecule has 3 N–H and O–H groups in total. The predicted octanol–water partition coefficient (Wildman–Crippen LogP) is 3.44. The van der Waals surface area contributed by atoms with Crippen LogP contribution in [0.4, 0.5) is 5.69 Å². The molecule has 1 atom stereocenters. The molecule has 7 nitrogen and oxygen atoms in total. The van der Waals surface area contributed by atoms with Crippen molar-refractivity contribution in [2.75, 3.05) is 32.0 Å². The average Bonchev–Trinajstić information content (AvgIpc) is 3.38. The van der Waals surface area contributed by atoms with Gasteiger partial charge in [-0.2, -0.15) is 0 Å². The maximum atomic E-state index is 9.69. The molecule has 0 radical (unpaired) electrons. The van der Waals surface area contributed by atoms with E-state index in [1.807, 2.05) is 0 Å². The van der Waals surface area contributed by atoms with Crippen LogP contribution in [0.2, 0.25) is 0 Å². The molecule has 1 aliphatic heterocycles. The van der Waals surface area contributed by atoms with E-state index in [4.69, 9.17) is 5.73 Å². The lowest BCUT2D eigenvalue weighted by atomic mass is 10.0. The van der Waals surface area contributed by atoms with Crippen LogP contribution in [0.15, 0.2) is 55.0 Å². The Kier molecular flexibility index (Phi) is 6.48. The Bertz CT molecular complexity index is 1250. The van der Waals surface area contributed by atoms with Crippen LogP contribution in [-0.4, -0.2) is 57.9 Å². The Morgan fingerprint density at radius 3 is 2.66 bits per heavy atom. The van der Waals surface area contributed by atoms with Crippen LogP contribution < -0.4 is 11.1 Å². The Labute approximate surface area is 188 Å². The minimum Gasteiger partial charge on any atom is -0.381 e. The topological polar surface area (TPSA) is 89.1 Å². The van der Waals surface area contributed by atoms with Gasteiger partial charge in [0.05, 0.1) is 17.6 Å². The fourth-order valence-electron chi connectivity index (χ4n) is 4.10. The van der Waals surface area contributed by atoms with Gasteiger partial charge in [-0.05, 0) is 62.2 Å². The van der Waals surface area contributed by atoms with E-state index in [9.17, 15) is 4.79 Å². The number of anilines is 1. The van der Waals surface area contributed by atoms with Crippen molar-refractivity contribution in [2.24, 2.45) is 12.8 Å². The number of benzene rings is 2. The van der Waals surface area contributed by atoms with E-state index in [-0.39, 0.29) is 12.3 Å². The molecule has 5 rings (SSSR count). The van der Waals surface area contributed by atoms with Crippen LogP contribution in [0.25, 0.3) is 33.1 Å². The van der Waals surface area contributed by atoms with Crippen molar-refractivity contribution in [2.45, 2.75) is 19.4 Å². The van der Waals surface area contributed by atoms with Crippen molar-refractivity contribution < 1.29 is 4.79 Å². The first-order chi connectivity index (χ1) is 15.4. The van der Waals surface area contributed by atoms with Gasteiger partial charge in [0, 0.05) is 55.0 Å². The minimum atomic E-state index is 0.0324. The number of likely N-dealkylation sites (N-methyl/N-ethyl adjacent to an activating group) is 1. The highest BCUT2D eigenvalue weighted by molar-refractivity contribution is 5.97. The van der Waals surface area contributed by atoms with Gasteiger partial charge in [0.2, 0.25) is 0 Å². The molecule has 7 heteroatoms. The molecule has 32 heavy (non-hydrogen) atoms. The highest BCUT2D eigenvalue weighted by Crippen LogP contribution is 2.32. The largest absolute Gasteiger partial charge is 0.381 e. The van der Waals surface area contributed by atoms with Crippen LogP contribution >= 0.6 is 0 Å². The number of rotatable bonds is 4. The number of aryl methyl sites for hydroxylation is 1. The van der Waals surface area contributed by atoms with Gasteiger partial charge in [-0.15, -0.1) is 0 Å². The molecular formula is C25H30N6O. The molecular weight excluding hydrogens is 400 g/mol. The van der Waals surface area contributed by atoms with E-state index in [1.165, 1.54) is 29.8 Å². The summed E-state index contributed by atoms with van der Waals surface area (Å²) in [6, 6.07) is 13.6. The average molecular weight is 431 g/mol. The maximum absolute atomic E-state index is 9.69. The summed E-state index contributed by atoms with van der Waals surface area (Å²) in [5.41, 5.74) is 11.3. The molecule has 1 fully saturated rings. The maximum Gasteiger partial charge on any atom is 0.143 e. The van der Waals surface area contributed by atoms with Crippen LogP contribution in [0.1, 0.15) is 13.3 Å². The summed E-state index contributed by atoms with van der Waals surface area (Å²) in [7, 11) is 4.26. The van der Waals surface area contributed by atoms with Crippen LogP contribution in [0.5, 0.6) is 0 Å². The number of nitrogens with one attached hydrogen (secondary N) is 1. The summed E-state index contributed by atoms with van der Waals surface area (Å²) in [5, 5.41) is 4.95. The minimum absolute atomic E-state index is 0.0324. The summed E-state index contributed by atoms with van der Waals surface area (Å²) >= 11 is 0. The summed E-state index contributed by atoms with van der Waals surface area (Å²) in [6.07, 6.45) is 6.80. The first-order valence-electron chi connectivity index (χ1n) is 10.9. The summed E-state index contributed by atoms with van der Waals surface area (Å²) in [6.45, 7) is 3.84. The predicted molar refractivity (Wildman–Crippen MR) is 131 cm³/mol. The third-order valence-corrected chi connectivity index (χ3v) is 5.82. The lowest BCUT2D eigenvalue weighted by molar-refractivity contribution is -0.115. The number of carbonyl (C=O) groups excluding carboxylic acids is 1. The monoisotopic (exact) mass is 430 g/mol. The van der Waals surface area contributed by atoms with E-state index >= 15 is 0 Å². The van der Waals surface area contributed by atoms with Crippen LogP contribution in [-0.2, 0) is 11.8 Å². The number of ketones is 1. The lowest BCUT2D eigenvalue weighted by Crippen LogP contribution is -2.23. The molecule has 166 valence electrons. The molecule has 1 aliphatic rings. The number of Topliss-reactive ketones (excluding diaryl/α,β-unsaturated/α-hetero) is 1. The number of nitrogens with two attached hydrogens (primary N) is 1. The number of aromatic nitrogens is 3. The molecule has 3 heterocycles. The fourth-order valence-corrected chi connectivity index (χ4v) is 4.10. The van der Waals surface area contributed by atoms with Crippen molar-refractivity contribution in [1.82, 2.24) is 19.4 Å². The number of likely N-dealkylation sites (tertiary alicyclic amines) is 1. The molecule has 0 unspecified atom stereocenters. The van der Waals surface area contributed by atoms with E-state index in [1.54, 1.807) is 12.4 Å². The Balaban J connectivity index is 0.000000444. The van der Waals surface area contributed by atoms with Gasteiger partial charge in [-0.3, -0.25) is 14.8 Å². The molecule has 2 aromatic carbocycles. The lowest BCUT2D eigenvalue weighted by Gasteiger charge is -2.16. The van der Waals surface area contributed by atoms with E-state index in [2.05, 4.69) is 81.4 Å². The zero-order valence-corrected chi connectivity index (χ0v) is 18.9. The second-order valence-corrected chi connectivity index (χ2v) is 8.45. The van der Waals surface area contributed by atoms with Crippen LogP contribution in [0, 0.1) is 0 Å². The second-order valence-electron chi connectivity index (χ2n) is 8.45. The molecule has 0 amide bonds. The third kappa shape index (κ3) is 4.79. The summed E-state index contributed by atoms with van der Waals surface area (Å²) in [4.78, 5) is 21.2. The Hall–Kier alpha value is -3.29. The molecule has 0 spiro atoms. The molecule has 2 aromatic heterocycles. The van der Waals surface area contributed by atoms with E-state index in [0.717, 1.165) is 35.4 Å². The van der Waals surface area contributed by atoms with Gasteiger partial charge in [-0.25, -0.2) is 0 Å². The van der Waals surface area contributed by atoms with Crippen molar-refractivity contribution in [3.8, 4) is 11.1 Å². The molecule has 0 saturated carbocycles. The smallest absolute Gasteiger partial charge is 0.143 e. The SMILES string of the molecule is CC(=O)CN.CN1CC[C@H](Nc2cc(-c3ccc4ccn(C)c4c3)c3nccnc3c2)C1. The number of fused-ring (bicyclic) bond motifs is 2. The van der Waals surface area contributed by atoms with Crippen molar-refractivity contribution in [1.29, 1.82) is 0 Å². The molecule has 4 aromatic rings. The van der Waals surface area contributed by atoms with Crippen molar-refractivity contribution in [3.63, 3.8) is 0 Å².